The first-order valence-electron chi connectivity index (χ1n) is 10.4. The Labute approximate surface area is 191 Å². The van der Waals surface area contributed by atoms with E-state index in [0.29, 0.717) is 5.75 Å². The predicted molar refractivity (Wildman–Crippen MR) is 127 cm³/mol. The second-order valence-corrected chi connectivity index (χ2v) is 7.82. The number of rotatable bonds is 7. The maximum absolute atomic E-state index is 12.5. The van der Waals surface area contributed by atoms with Gasteiger partial charge < -0.3 is 19.6 Å². The van der Waals surface area contributed by atoms with Crippen LogP contribution in [0.25, 0.3) is 22.3 Å². The zero-order chi connectivity index (χ0) is 23.4. The number of aryl methyl sites for hydroxylation is 2. The Morgan fingerprint density at radius 1 is 0.879 bits per heavy atom. The quantitative estimate of drug-likeness (QED) is 0.370. The summed E-state index contributed by atoms with van der Waals surface area (Å²) in [5.74, 6) is -1.05. The SMILES string of the molecule is Cc1cc(C)cc(-c2ccc(NC(=O)COc3cccc(-c4ccoc4)c3)c(C(=O)O)c2)c1. The highest BCUT2D eigenvalue weighted by molar-refractivity contribution is 6.02. The monoisotopic (exact) mass is 441 g/mol. The molecule has 0 radical (unpaired) electrons. The van der Waals surface area contributed by atoms with Gasteiger partial charge in [-0.3, -0.25) is 4.79 Å². The standard InChI is InChI=1S/C27H23NO5/c1-17-10-18(2)12-22(11-17)20-6-7-25(24(14-20)27(30)31)28-26(29)16-33-23-5-3-4-19(13-23)21-8-9-32-15-21/h3-15H,16H2,1-2H3,(H,28,29)(H,30,31). The number of anilines is 1. The van der Waals surface area contributed by atoms with Gasteiger partial charge in [-0.05, 0) is 60.9 Å². The van der Waals surface area contributed by atoms with E-state index in [0.717, 1.165) is 33.4 Å². The molecule has 1 heterocycles. The number of ether oxygens (including phenoxy) is 1. The molecule has 33 heavy (non-hydrogen) atoms. The van der Waals surface area contributed by atoms with E-state index in [9.17, 15) is 14.7 Å². The van der Waals surface area contributed by atoms with Gasteiger partial charge in [-0.25, -0.2) is 4.79 Å². The molecule has 1 aromatic heterocycles. The first-order valence-corrected chi connectivity index (χ1v) is 10.4. The van der Waals surface area contributed by atoms with Crippen LogP contribution in [0.1, 0.15) is 21.5 Å². The molecule has 0 bridgehead atoms. The summed E-state index contributed by atoms with van der Waals surface area (Å²) in [4.78, 5) is 24.3. The van der Waals surface area contributed by atoms with E-state index in [2.05, 4.69) is 11.4 Å². The zero-order valence-electron chi connectivity index (χ0n) is 18.3. The lowest BCUT2D eigenvalue weighted by atomic mass is 9.98. The van der Waals surface area contributed by atoms with E-state index in [1.165, 1.54) is 0 Å². The van der Waals surface area contributed by atoms with Crippen molar-refractivity contribution in [3.8, 4) is 28.0 Å². The molecule has 1 amide bonds. The first kappa shape index (κ1) is 21.9. The van der Waals surface area contributed by atoms with Gasteiger partial charge in [0.25, 0.3) is 5.91 Å². The fraction of sp³-hybridized carbons (Fsp3) is 0.111. The van der Waals surface area contributed by atoms with E-state index in [4.69, 9.17) is 9.15 Å². The number of benzene rings is 3. The summed E-state index contributed by atoms with van der Waals surface area (Å²) < 4.78 is 10.7. The number of carbonyl (C=O) groups is 2. The van der Waals surface area contributed by atoms with Crippen LogP contribution in [-0.4, -0.2) is 23.6 Å². The maximum atomic E-state index is 12.5. The molecule has 0 atom stereocenters. The average Bonchev–Trinajstić information content (AvgIpc) is 3.32. The van der Waals surface area contributed by atoms with Gasteiger partial charge in [-0.1, -0.05) is 47.5 Å². The number of aromatic carboxylic acids is 1. The number of carboxylic acids is 1. The van der Waals surface area contributed by atoms with Crippen LogP contribution in [-0.2, 0) is 4.79 Å². The van der Waals surface area contributed by atoms with Crippen molar-refractivity contribution in [3.05, 3.63) is 95.9 Å². The Kier molecular flexibility index (Phi) is 6.26. The second kappa shape index (κ2) is 9.44. The third-order valence-electron chi connectivity index (χ3n) is 5.14. The lowest BCUT2D eigenvalue weighted by molar-refractivity contribution is -0.118. The molecule has 4 aromatic rings. The van der Waals surface area contributed by atoms with Gasteiger partial charge in [0, 0.05) is 5.56 Å². The van der Waals surface area contributed by atoms with E-state index < -0.39 is 11.9 Å². The number of carbonyl (C=O) groups excluding carboxylic acids is 1. The van der Waals surface area contributed by atoms with Gasteiger partial charge in [0.2, 0.25) is 0 Å². The average molecular weight is 441 g/mol. The molecule has 2 N–H and O–H groups in total. The molecule has 0 saturated heterocycles. The van der Waals surface area contributed by atoms with Crippen LogP contribution < -0.4 is 10.1 Å². The summed E-state index contributed by atoms with van der Waals surface area (Å²) in [6, 6.07) is 20.1. The van der Waals surface area contributed by atoms with Crippen molar-refractivity contribution in [1.29, 1.82) is 0 Å². The van der Waals surface area contributed by atoms with Crippen LogP contribution in [0.15, 0.2) is 83.7 Å². The summed E-state index contributed by atoms with van der Waals surface area (Å²) in [6.07, 6.45) is 3.21. The predicted octanol–water partition coefficient (Wildman–Crippen LogP) is 5.95. The molecular formula is C27H23NO5. The Balaban J connectivity index is 1.47. The summed E-state index contributed by atoms with van der Waals surface area (Å²) >= 11 is 0. The van der Waals surface area contributed by atoms with E-state index in [1.54, 1.807) is 42.9 Å². The van der Waals surface area contributed by atoms with Crippen LogP contribution in [0.3, 0.4) is 0 Å². The Morgan fingerprint density at radius 2 is 1.64 bits per heavy atom. The van der Waals surface area contributed by atoms with E-state index in [-0.39, 0.29) is 17.9 Å². The number of carboxylic acid groups (broad SMARTS) is 1. The van der Waals surface area contributed by atoms with Crippen molar-refractivity contribution in [2.75, 3.05) is 11.9 Å². The third-order valence-corrected chi connectivity index (χ3v) is 5.14. The highest BCUT2D eigenvalue weighted by atomic mass is 16.5. The minimum Gasteiger partial charge on any atom is -0.484 e. The summed E-state index contributed by atoms with van der Waals surface area (Å²) in [6.45, 7) is 3.73. The molecule has 0 saturated carbocycles. The number of furan rings is 1. The first-order chi connectivity index (χ1) is 15.9. The largest absolute Gasteiger partial charge is 0.484 e. The highest BCUT2D eigenvalue weighted by Crippen LogP contribution is 2.28. The van der Waals surface area contributed by atoms with Gasteiger partial charge in [-0.2, -0.15) is 0 Å². The Hall–Kier alpha value is -4.32. The fourth-order valence-electron chi connectivity index (χ4n) is 3.68. The molecule has 0 aliphatic carbocycles. The number of hydrogen-bond acceptors (Lipinski definition) is 4. The van der Waals surface area contributed by atoms with Crippen molar-refractivity contribution in [2.24, 2.45) is 0 Å². The molecule has 6 heteroatoms. The molecular weight excluding hydrogens is 418 g/mol. The van der Waals surface area contributed by atoms with Crippen molar-refractivity contribution in [3.63, 3.8) is 0 Å². The molecule has 0 unspecified atom stereocenters. The van der Waals surface area contributed by atoms with Crippen molar-refractivity contribution >= 4 is 17.6 Å². The molecule has 0 fully saturated rings. The third kappa shape index (κ3) is 5.30. The van der Waals surface area contributed by atoms with Crippen LogP contribution in [0.5, 0.6) is 5.75 Å². The number of hydrogen-bond donors (Lipinski definition) is 2. The molecule has 4 rings (SSSR count). The molecule has 0 aliphatic heterocycles. The normalized spacial score (nSPS) is 10.6. The lowest BCUT2D eigenvalue weighted by Crippen LogP contribution is -2.21. The fourth-order valence-corrected chi connectivity index (χ4v) is 3.68. The van der Waals surface area contributed by atoms with Crippen molar-refractivity contribution in [1.82, 2.24) is 0 Å². The van der Waals surface area contributed by atoms with Crippen molar-refractivity contribution < 1.29 is 23.8 Å². The van der Waals surface area contributed by atoms with Crippen LogP contribution in [0, 0.1) is 13.8 Å². The van der Waals surface area contributed by atoms with Gasteiger partial charge in [0.1, 0.15) is 5.75 Å². The molecule has 0 aliphatic rings. The number of amides is 1. The second-order valence-electron chi connectivity index (χ2n) is 7.82. The minimum absolute atomic E-state index is 0.0157. The van der Waals surface area contributed by atoms with Gasteiger partial charge in [0.05, 0.1) is 23.8 Å². The van der Waals surface area contributed by atoms with Crippen LogP contribution >= 0.6 is 0 Å². The molecule has 0 spiro atoms. The summed E-state index contributed by atoms with van der Waals surface area (Å²) in [5.41, 5.74) is 5.91. The summed E-state index contributed by atoms with van der Waals surface area (Å²) in [7, 11) is 0. The Bertz CT molecular complexity index is 1290. The summed E-state index contributed by atoms with van der Waals surface area (Å²) in [5, 5.41) is 12.3. The maximum Gasteiger partial charge on any atom is 0.337 e. The highest BCUT2D eigenvalue weighted by Gasteiger charge is 2.15. The minimum atomic E-state index is -1.12. The van der Waals surface area contributed by atoms with E-state index in [1.807, 2.05) is 44.2 Å². The van der Waals surface area contributed by atoms with Crippen LogP contribution in [0.2, 0.25) is 0 Å². The zero-order valence-corrected chi connectivity index (χ0v) is 18.3. The van der Waals surface area contributed by atoms with Crippen molar-refractivity contribution in [2.45, 2.75) is 13.8 Å². The van der Waals surface area contributed by atoms with Crippen LogP contribution in [0.4, 0.5) is 5.69 Å². The lowest BCUT2D eigenvalue weighted by Gasteiger charge is -2.12. The Morgan fingerprint density at radius 3 is 2.33 bits per heavy atom. The number of nitrogens with one attached hydrogen (secondary N) is 1. The topological polar surface area (TPSA) is 88.8 Å². The molecule has 166 valence electrons. The molecule has 6 nitrogen and oxygen atoms in total. The van der Waals surface area contributed by atoms with Gasteiger partial charge in [-0.15, -0.1) is 0 Å². The smallest absolute Gasteiger partial charge is 0.337 e. The molecule has 3 aromatic carbocycles. The van der Waals surface area contributed by atoms with E-state index >= 15 is 0 Å². The van der Waals surface area contributed by atoms with Gasteiger partial charge >= 0.3 is 5.97 Å². The van der Waals surface area contributed by atoms with Gasteiger partial charge in [0.15, 0.2) is 6.61 Å².